The summed E-state index contributed by atoms with van der Waals surface area (Å²) in [5, 5.41) is 29.6. The Bertz CT molecular complexity index is 605. The Morgan fingerprint density at radius 3 is 1.55 bits per heavy atom. The number of hydrogen-bond donors (Lipinski definition) is 4. The highest BCUT2D eigenvalue weighted by Crippen LogP contribution is 2.47. The number of rotatable bonds is 5. The summed E-state index contributed by atoms with van der Waals surface area (Å²) in [6, 6.07) is 8.09. The molecule has 1 fully saturated rings. The van der Waals surface area contributed by atoms with Crippen molar-refractivity contribution >= 4 is 29.5 Å². The van der Waals surface area contributed by atoms with Gasteiger partial charge in [0.25, 0.3) is 0 Å². The molecule has 0 heterocycles. The van der Waals surface area contributed by atoms with Crippen molar-refractivity contribution in [2.24, 2.45) is 23.7 Å². The van der Waals surface area contributed by atoms with Crippen LogP contribution in [0, 0.1) is 23.7 Å². The van der Waals surface area contributed by atoms with Crippen LogP contribution in [0.1, 0.15) is 0 Å². The van der Waals surface area contributed by atoms with Crippen molar-refractivity contribution in [2.75, 3.05) is 5.32 Å². The van der Waals surface area contributed by atoms with Crippen LogP contribution in [0.5, 0.6) is 0 Å². The number of anilines is 1. The van der Waals surface area contributed by atoms with E-state index in [1.807, 2.05) is 0 Å². The fourth-order valence-corrected chi connectivity index (χ4v) is 2.74. The van der Waals surface area contributed by atoms with Crippen molar-refractivity contribution in [3.8, 4) is 0 Å². The molecule has 1 aromatic carbocycles. The molecule has 1 aliphatic carbocycles. The smallest absolute Gasteiger partial charge is 0.308 e. The van der Waals surface area contributed by atoms with Gasteiger partial charge in [-0.3, -0.25) is 19.2 Å². The average Bonchev–Trinajstić information content (AvgIpc) is 2.36. The van der Waals surface area contributed by atoms with Crippen LogP contribution in [0.4, 0.5) is 5.69 Å². The molecule has 0 radical (unpaired) electrons. The second-order valence-corrected chi connectivity index (χ2v) is 4.97. The molecule has 0 aliphatic heterocycles. The molecule has 0 aromatic heterocycles. The first kappa shape index (κ1) is 15.5. The molecule has 1 saturated carbocycles. The maximum absolute atomic E-state index is 12.2. The van der Waals surface area contributed by atoms with Crippen LogP contribution in [0.15, 0.2) is 30.3 Å². The van der Waals surface area contributed by atoms with E-state index in [0.29, 0.717) is 5.69 Å². The molecular weight excluding hydrogens is 294 g/mol. The third-order valence-corrected chi connectivity index (χ3v) is 3.75. The van der Waals surface area contributed by atoms with E-state index in [0.717, 1.165) is 0 Å². The maximum atomic E-state index is 12.2. The van der Waals surface area contributed by atoms with E-state index in [4.69, 9.17) is 15.3 Å². The van der Waals surface area contributed by atoms with Crippen LogP contribution >= 0.6 is 0 Å². The normalized spacial score (nSPS) is 26.5. The second-order valence-electron chi connectivity index (χ2n) is 4.97. The van der Waals surface area contributed by atoms with E-state index in [-0.39, 0.29) is 0 Å². The Balaban J connectivity index is 2.26. The van der Waals surface area contributed by atoms with Crippen LogP contribution in [0.2, 0.25) is 0 Å². The van der Waals surface area contributed by atoms with Crippen molar-refractivity contribution in [3.63, 3.8) is 0 Å². The molecule has 1 aliphatic rings. The van der Waals surface area contributed by atoms with Gasteiger partial charge in [0.2, 0.25) is 5.91 Å². The van der Waals surface area contributed by atoms with Gasteiger partial charge in [0.05, 0.1) is 23.7 Å². The van der Waals surface area contributed by atoms with Crippen LogP contribution in [-0.4, -0.2) is 39.1 Å². The highest BCUT2D eigenvalue weighted by molar-refractivity contribution is 6.02. The minimum absolute atomic E-state index is 0.375. The minimum Gasteiger partial charge on any atom is -0.481 e. The maximum Gasteiger partial charge on any atom is 0.308 e. The molecule has 8 heteroatoms. The highest BCUT2D eigenvalue weighted by Gasteiger charge is 2.64. The molecule has 4 N–H and O–H groups in total. The highest BCUT2D eigenvalue weighted by atomic mass is 16.4. The van der Waals surface area contributed by atoms with Gasteiger partial charge in [-0.25, -0.2) is 0 Å². The topological polar surface area (TPSA) is 141 Å². The molecule has 2 atom stereocenters. The van der Waals surface area contributed by atoms with Crippen molar-refractivity contribution in [1.29, 1.82) is 0 Å². The molecule has 1 amide bonds. The quantitative estimate of drug-likeness (QED) is 0.615. The lowest BCUT2D eigenvalue weighted by Crippen LogP contribution is -2.60. The van der Waals surface area contributed by atoms with Crippen molar-refractivity contribution in [1.82, 2.24) is 0 Å². The SMILES string of the molecule is O=C(O)C1C(C(=O)O)C(C(=O)Nc2ccccc2)C1C(=O)O. The standard InChI is InChI=1S/C14H13NO7/c16-11(15-6-4-2-1-3-5-6)7-8(12(17)18)10(14(21)22)9(7)13(19)20/h1-5,7-10H,(H,15,16)(H,17,18)(H,19,20)(H,21,22). The lowest BCUT2D eigenvalue weighted by Gasteiger charge is -2.43. The summed E-state index contributed by atoms with van der Waals surface area (Å²) in [5.74, 6) is -11.6. The summed E-state index contributed by atoms with van der Waals surface area (Å²) in [4.78, 5) is 45.6. The number of carbonyl (C=O) groups excluding carboxylic acids is 1. The summed E-state index contributed by atoms with van der Waals surface area (Å²) in [7, 11) is 0. The first-order valence-electron chi connectivity index (χ1n) is 6.39. The predicted octanol–water partition coefficient (Wildman–Crippen LogP) is 0.357. The van der Waals surface area contributed by atoms with Gasteiger partial charge in [-0.05, 0) is 12.1 Å². The lowest BCUT2D eigenvalue weighted by molar-refractivity contribution is -0.185. The fraction of sp³-hybridized carbons (Fsp3) is 0.286. The van der Waals surface area contributed by atoms with Gasteiger partial charge in [0.1, 0.15) is 0 Å². The van der Waals surface area contributed by atoms with E-state index in [9.17, 15) is 19.2 Å². The Morgan fingerprint density at radius 2 is 1.14 bits per heavy atom. The van der Waals surface area contributed by atoms with Crippen LogP contribution in [-0.2, 0) is 19.2 Å². The van der Waals surface area contributed by atoms with Crippen molar-refractivity contribution in [2.45, 2.75) is 0 Å². The molecule has 0 bridgehead atoms. The van der Waals surface area contributed by atoms with Gasteiger partial charge in [-0.15, -0.1) is 0 Å². The van der Waals surface area contributed by atoms with Crippen LogP contribution in [0.25, 0.3) is 0 Å². The molecule has 2 unspecified atom stereocenters. The first-order valence-corrected chi connectivity index (χ1v) is 6.39. The van der Waals surface area contributed by atoms with E-state index in [2.05, 4.69) is 5.32 Å². The van der Waals surface area contributed by atoms with Crippen LogP contribution in [0.3, 0.4) is 0 Å². The molecule has 0 spiro atoms. The number of nitrogens with one attached hydrogen (secondary N) is 1. The van der Waals surface area contributed by atoms with Crippen molar-refractivity contribution in [3.05, 3.63) is 30.3 Å². The fourth-order valence-electron chi connectivity index (χ4n) is 2.74. The van der Waals surface area contributed by atoms with Gasteiger partial charge < -0.3 is 20.6 Å². The average molecular weight is 307 g/mol. The predicted molar refractivity (Wildman–Crippen MR) is 71.9 cm³/mol. The van der Waals surface area contributed by atoms with E-state index in [1.54, 1.807) is 30.3 Å². The minimum atomic E-state index is -1.62. The third kappa shape index (κ3) is 2.62. The molecular formula is C14H13NO7. The lowest BCUT2D eigenvalue weighted by atomic mass is 9.56. The van der Waals surface area contributed by atoms with Gasteiger partial charge in [-0.1, -0.05) is 18.2 Å². The molecule has 8 nitrogen and oxygen atoms in total. The number of para-hydroxylation sites is 1. The Morgan fingerprint density at radius 1 is 0.727 bits per heavy atom. The largest absolute Gasteiger partial charge is 0.481 e. The summed E-state index contributed by atoms with van der Waals surface area (Å²) >= 11 is 0. The monoisotopic (exact) mass is 307 g/mol. The second kappa shape index (κ2) is 5.84. The third-order valence-electron chi connectivity index (χ3n) is 3.75. The van der Waals surface area contributed by atoms with E-state index in [1.165, 1.54) is 0 Å². The number of hydrogen-bond acceptors (Lipinski definition) is 4. The first-order chi connectivity index (χ1) is 10.3. The molecule has 116 valence electrons. The Kier molecular flexibility index (Phi) is 4.11. The van der Waals surface area contributed by atoms with Gasteiger partial charge in [0, 0.05) is 5.69 Å². The Labute approximate surface area is 124 Å². The van der Waals surface area contributed by atoms with E-state index < -0.39 is 47.5 Å². The zero-order valence-electron chi connectivity index (χ0n) is 11.2. The van der Waals surface area contributed by atoms with Gasteiger partial charge in [-0.2, -0.15) is 0 Å². The van der Waals surface area contributed by atoms with Crippen LogP contribution < -0.4 is 5.32 Å². The van der Waals surface area contributed by atoms with Gasteiger partial charge >= 0.3 is 17.9 Å². The molecule has 0 saturated heterocycles. The molecule has 2 rings (SSSR count). The molecule has 1 aromatic rings. The summed E-state index contributed by atoms with van der Waals surface area (Å²) in [6.45, 7) is 0. The summed E-state index contributed by atoms with van der Waals surface area (Å²) in [5.41, 5.74) is 0.375. The van der Waals surface area contributed by atoms with Crippen molar-refractivity contribution < 1.29 is 34.5 Å². The molecule has 22 heavy (non-hydrogen) atoms. The van der Waals surface area contributed by atoms with E-state index >= 15 is 0 Å². The zero-order valence-corrected chi connectivity index (χ0v) is 11.2. The summed E-state index contributed by atoms with van der Waals surface area (Å²) < 4.78 is 0. The number of benzene rings is 1. The van der Waals surface area contributed by atoms with Gasteiger partial charge in [0.15, 0.2) is 0 Å². The summed E-state index contributed by atoms with van der Waals surface area (Å²) in [6.07, 6.45) is 0. The number of aliphatic carboxylic acids is 3. The number of carboxylic acids is 3. The number of carboxylic acid groups (broad SMARTS) is 3. The Hall–Kier alpha value is -2.90. The zero-order chi connectivity index (χ0) is 16.4. The number of amides is 1. The number of carbonyl (C=O) groups is 4.